The first kappa shape index (κ1) is 14.2. The molecule has 0 saturated heterocycles. The predicted octanol–water partition coefficient (Wildman–Crippen LogP) is 4.08. The molecule has 0 aliphatic heterocycles. The molecule has 0 aliphatic rings. The molecule has 19 heavy (non-hydrogen) atoms. The van der Waals surface area contributed by atoms with E-state index >= 15 is 0 Å². The molecular formula is C15H18BrNO2. The first-order valence-corrected chi connectivity index (χ1v) is 7.12. The highest BCUT2D eigenvalue weighted by atomic mass is 79.9. The Kier molecular flexibility index (Phi) is 5.05. The number of hydrogen-bond donors (Lipinski definition) is 1. The van der Waals surface area contributed by atoms with Crippen molar-refractivity contribution in [1.29, 1.82) is 0 Å². The summed E-state index contributed by atoms with van der Waals surface area (Å²) in [5.74, 6) is 2.77. The molecule has 1 aromatic heterocycles. The second kappa shape index (κ2) is 6.78. The van der Waals surface area contributed by atoms with Crippen LogP contribution in [0, 0.1) is 6.92 Å². The molecule has 0 bridgehead atoms. The quantitative estimate of drug-likeness (QED) is 0.813. The molecule has 0 fully saturated rings. The van der Waals surface area contributed by atoms with Crippen molar-refractivity contribution in [3.05, 3.63) is 52.4 Å². The smallest absolute Gasteiger partial charge is 0.120 e. The Morgan fingerprint density at radius 2 is 2.16 bits per heavy atom. The molecule has 0 saturated carbocycles. The Hall–Kier alpha value is -1.26. The third-order valence-corrected chi connectivity index (χ3v) is 3.30. The second-order valence-electron chi connectivity index (χ2n) is 4.43. The standard InChI is InChI=1S/C15H18BrNO2/c1-11-6-7-15(19-11)12(2)17-8-9-18-14-5-3-4-13(16)10-14/h3-7,10,12,17H,8-9H2,1-2H3. The summed E-state index contributed by atoms with van der Waals surface area (Å²) in [7, 11) is 0. The lowest BCUT2D eigenvalue weighted by Gasteiger charge is -2.12. The lowest BCUT2D eigenvalue weighted by atomic mass is 10.2. The fraction of sp³-hybridized carbons (Fsp3) is 0.333. The third kappa shape index (κ3) is 4.40. The van der Waals surface area contributed by atoms with Gasteiger partial charge in [0.15, 0.2) is 0 Å². The Morgan fingerprint density at radius 1 is 1.32 bits per heavy atom. The SMILES string of the molecule is Cc1ccc(C(C)NCCOc2cccc(Br)c2)o1. The van der Waals surface area contributed by atoms with Gasteiger partial charge in [0.2, 0.25) is 0 Å². The lowest BCUT2D eigenvalue weighted by Crippen LogP contribution is -2.24. The molecule has 1 atom stereocenters. The monoisotopic (exact) mass is 323 g/mol. The molecule has 1 aromatic carbocycles. The first-order chi connectivity index (χ1) is 9.15. The van der Waals surface area contributed by atoms with E-state index in [0.717, 1.165) is 28.3 Å². The zero-order valence-corrected chi connectivity index (χ0v) is 12.7. The van der Waals surface area contributed by atoms with Gasteiger partial charge in [-0.25, -0.2) is 0 Å². The van der Waals surface area contributed by atoms with Crippen molar-refractivity contribution < 1.29 is 9.15 Å². The van der Waals surface area contributed by atoms with Gasteiger partial charge < -0.3 is 14.5 Å². The van der Waals surface area contributed by atoms with Crippen molar-refractivity contribution in [1.82, 2.24) is 5.32 Å². The van der Waals surface area contributed by atoms with E-state index in [1.807, 2.05) is 43.3 Å². The molecule has 0 spiro atoms. The van der Waals surface area contributed by atoms with E-state index in [-0.39, 0.29) is 6.04 Å². The average Bonchev–Trinajstić information content (AvgIpc) is 2.81. The second-order valence-corrected chi connectivity index (χ2v) is 5.35. The zero-order valence-electron chi connectivity index (χ0n) is 11.2. The topological polar surface area (TPSA) is 34.4 Å². The van der Waals surface area contributed by atoms with Crippen LogP contribution in [-0.4, -0.2) is 13.2 Å². The lowest BCUT2D eigenvalue weighted by molar-refractivity contribution is 0.301. The van der Waals surface area contributed by atoms with E-state index in [4.69, 9.17) is 9.15 Å². The van der Waals surface area contributed by atoms with Gasteiger partial charge in [-0.05, 0) is 44.2 Å². The molecule has 102 valence electrons. The van der Waals surface area contributed by atoms with E-state index in [1.165, 1.54) is 0 Å². The van der Waals surface area contributed by atoms with Gasteiger partial charge >= 0.3 is 0 Å². The van der Waals surface area contributed by atoms with Gasteiger partial charge in [-0.2, -0.15) is 0 Å². The van der Waals surface area contributed by atoms with Crippen molar-refractivity contribution in [2.24, 2.45) is 0 Å². The molecule has 4 heteroatoms. The Labute approximate surface area is 122 Å². The maximum absolute atomic E-state index is 5.66. The van der Waals surface area contributed by atoms with Crippen molar-refractivity contribution in [3.8, 4) is 5.75 Å². The summed E-state index contributed by atoms with van der Waals surface area (Å²) < 4.78 is 12.2. The van der Waals surface area contributed by atoms with Gasteiger partial charge in [-0.15, -0.1) is 0 Å². The Morgan fingerprint density at radius 3 is 2.84 bits per heavy atom. The highest BCUT2D eigenvalue weighted by Crippen LogP contribution is 2.18. The van der Waals surface area contributed by atoms with Crippen molar-refractivity contribution in [2.75, 3.05) is 13.2 Å². The van der Waals surface area contributed by atoms with Gasteiger partial charge in [-0.1, -0.05) is 22.0 Å². The van der Waals surface area contributed by atoms with Crippen LogP contribution in [0.1, 0.15) is 24.5 Å². The van der Waals surface area contributed by atoms with Crippen molar-refractivity contribution in [3.63, 3.8) is 0 Å². The van der Waals surface area contributed by atoms with E-state index < -0.39 is 0 Å². The van der Waals surface area contributed by atoms with Gasteiger partial charge in [-0.3, -0.25) is 0 Å². The predicted molar refractivity (Wildman–Crippen MR) is 79.5 cm³/mol. The number of aryl methyl sites for hydroxylation is 1. The number of hydrogen-bond acceptors (Lipinski definition) is 3. The molecule has 0 amide bonds. The summed E-state index contributed by atoms with van der Waals surface area (Å²) in [5.41, 5.74) is 0. The molecule has 3 nitrogen and oxygen atoms in total. The van der Waals surface area contributed by atoms with Gasteiger partial charge in [0.1, 0.15) is 23.9 Å². The van der Waals surface area contributed by atoms with Gasteiger partial charge in [0, 0.05) is 11.0 Å². The average molecular weight is 324 g/mol. The Balaban J connectivity index is 1.72. The van der Waals surface area contributed by atoms with Crippen LogP contribution in [-0.2, 0) is 0 Å². The molecule has 2 aromatic rings. The van der Waals surface area contributed by atoms with E-state index in [1.54, 1.807) is 0 Å². The highest BCUT2D eigenvalue weighted by molar-refractivity contribution is 9.10. The molecule has 1 N–H and O–H groups in total. The summed E-state index contributed by atoms with van der Waals surface area (Å²) in [5, 5.41) is 3.37. The van der Waals surface area contributed by atoms with E-state index in [2.05, 4.69) is 28.2 Å². The zero-order chi connectivity index (χ0) is 13.7. The van der Waals surface area contributed by atoms with Crippen LogP contribution in [0.15, 0.2) is 45.3 Å². The summed E-state index contributed by atoms with van der Waals surface area (Å²) in [6.07, 6.45) is 0. The number of ether oxygens (including phenoxy) is 1. The molecule has 1 heterocycles. The largest absolute Gasteiger partial charge is 0.492 e. The maximum Gasteiger partial charge on any atom is 0.120 e. The molecule has 0 aliphatic carbocycles. The minimum absolute atomic E-state index is 0.194. The summed E-state index contributed by atoms with van der Waals surface area (Å²) in [6, 6.07) is 12.0. The van der Waals surface area contributed by atoms with Crippen LogP contribution >= 0.6 is 15.9 Å². The van der Waals surface area contributed by atoms with Crippen molar-refractivity contribution >= 4 is 15.9 Å². The third-order valence-electron chi connectivity index (χ3n) is 2.81. The number of furan rings is 1. The van der Waals surface area contributed by atoms with Crippen LogP contribution in [0.2, 0.25) is 0 Å². The molecular weight excluding hydrogens is 306 g/mol. The van der Waals surface area contributed by atoms with Crippen LogP contribution in [0.4, 0.5) is 0 Å². The van der Waals surface area contributed by atoms with Crippen LogP contribution in [0.5, 0.6) is 5.75 Å². The maximum atomic E-state index is 5.66. The number of halogens is 1. The molecule has 1 unspecified atom stereocenters. The number of rotatable bonds is 6. The van der Waals surface area contributed by atoms with E-state index in [0.29, 0.717) is 6.61 Å². The number of nitrogens with one attached hydrogen (secondary N) is 1. The minimum atomic E-state index is 0.194. The van der Waals surface area contributed by atoms with Gasteiger partial charge in [0.05, 0.1) is 6.04 Å². The minimum Gasteiger partial charge on any atom is -0.492 e. The van der Waals surface area contributed by atoms with Crippen LogP contribution in [0.3, 0.4) is 0 Å². The summed E-state index contributed by atoms with van der Waals surface area (Å²) in [4.78, 5) is 0. The fourth-order valence-electron chi connectivity index (χ4n) is 1.79. The highest BCUT2D eigenvalue weighted by Gasteiger charge is 2.08. The Bertz CT molecular complexity index is 524. The van der Waals surface area contributed by atoms with Gasteiger partial charge in [0.25, 0.3) is 0 Å². The molecule has 2 rings (SSSR count). The normalized spacial score (nSPS) is 12.4. The van der Waals surface area contributed by atoms with Crippen LogP contribution < -0.4 is 10.1 Å². The van der Waals surface area contributed by atoms with Crippen molar-refractivity contribution in [2.45, 2.75) is 19.9 Å². The summed E-state index contributed by atoms with van der Waals surface area (Å²) in [6.45, 7) is 5.43. The number of benzene rings is 1. The fourth-order valence-corrected chi connectivity index (χ4v) is 2.17. The van der Waals surface area contributed by atoms with E-state index in [9.17, 15) is 0 Å². The summed E-state index contributed by atoms with van der Waals surface area (Å²) >= 11 is 3.42. The van der Waals surface area contributed by atoms with Crippen LogP contribution in [0.25, 0.3) is 0 Å². The molecule has 0 radical (unpaired) electrons. The first-order valence-electron chi connectivity index (χ1n) is 6.33.